The maximum absolute atomic E-state index is 11.6. The van der Waals surface area contributed by atoms with Crippen LogP contribution < -0.4 is 0 Å². The minimum absolute atomic E-state index is 0.0944. The molecule has 1 saturated heterocycles. The monoisotopic (exact) mass is 314 g/mol. The molecule has 1 aliphatic rings. The van der Waals surface area contributed by atoms with Gasteiger partial charge in [0.05, 0.1) is 12.2 Å². The van der Waals surface area contributed by atoms with Crippen molar-refractivity contribution in [2.45, 2.75) is 39.2 Å². The van der Waals surface area contributed by atoms with Gasteiger partial charge in [-0.05, 0) is 11.5 Å². The van der Waals surface area contributed by atoms with Gasteiger partial charge in [0.25, 0.3) is 0 Å². The SMILES string of the molecule is CC(C)c1ccc(-c2csc(CN3C(=O)CCC3=O)n2)cc1. The van der Waals surface area contributed by atoms with E-state index in [1.54, 1.807) is 0 Å². The van der Waals surface area contributed by atoms with Crippen molar-refractivity contribution in [1.29, 1.82) is 0 Å². The van der Waals surface area contributed by atoms with Crippen molar-refractivity contribution >= 4 is 23.2 Å². The Hall–Kier alpha value is -2.01. The summed E-state index contributed by atoms with van der Waals surface area (Å²) in [6.07, 6.45) is 0.654. The van der Waals surface area contributed by atoms with E-state index in [1.165, 1.54) is 21.8 Å². The molecule has 0 aliphatic carbocycles. The van der Waals surface area contributed by atoms with E-state index in [4.69, 9.17) is 0 Å². The standard InChI is InChI=1S/C17H18N2O2S/c1-11(2)12-3-5-13(6-4-12)14-10-22-15(18-14)9-19-16(20)7-8-17(19)21/h3-6,10-11H,7-9H2,1-2H3. The second kappa shape index (κ2) is 6.01. The number of rotatable bonds is 4. The van der Waals surface area contributed by atoms with Gasteiger partial charge >= 0.3 is 0 Å². The third-order valence-electron chi connectivity index (χ3n) is 3.87. The van der Waals surface area contributed by atoms with Crippen molar-refractivity contribution in [2.24, 2.45) is 0 Å². The number of carbonyl (C=O) groups is 2. The number of imide groups is 1. The third-order valence-corrected chi connectivity index (χ3v) is 4.71. The fraction of sp³-hybridized carbons (Fsp3) is 0.353. The molecule has 0 unspecified atom stereocenters. The molecular formula is C17H18N2O2S. The first kappa shape index (κ1) is 14.9. The molecule has 3 rings (SSSR count). The van der Waals surface area contributed by atoms with Gasteiger partial charge in [-0.3, -0.25) is 14.5 Å². The highest BCUT2D eigenvalue weighted by Gasteiger charge is 2.29. The molecule has 0 N–H and O–H groups in total. The number of amides is 2. The average molecular weight is 314 g/mol. The van der Waals surface area contributed by atoms with Gasteiger partial charge in [0.2, 0.25) is 11.8 Å². The molecule has 1 aliphatic heterocycles. The lowest BCUT2D eigenvalue weighted by atomic mass is 10.0. The van der Waals surface area contributed by atoms with E-state index >= 15 is 0 Å². The molecule has 1 aromatic heterocycles. The number of hydrogen-bond acceptors (Lipinski definition) is 4. The van der Waals surface area contributed by atoms with Crippen LogP contribution in [-0.4, -0.2) is 21.7 Å². The molecule has 1 aromatic carbocycles. The summed E-state index contributed by atoms with van der Waals surface area (Å²) in [5.41, 5.74) is 3.26. The van der Waals surface area contributed by atoms with E-state index in [-0.39, 0.29) is 11.8 Å². The first-order valence-corrected chi connectivity index (χ1v) is 8.30. The molecule has 0 radical (unpaired) electrons. The van der Waals surface area contributed by atoms with E-state index in [1.807, 2.05) is 5.38 Å². The molecule has 0 bridgehead atoms. The highest BCUT2D eigenvalue weighted by Crippen LogP contribution is 2.26. The summed E-state index contributed by atoms with van der Waals surface area (Å²) in [7, 11) is 0. The van der Waals surface area contributed by atoms with Gasteiger partial charge in [-0.2, -0.15) is 0 Å². The zero-order valence-corrected chi connectivity index (χ0v) is 13.5. The van der Waals surface area contributed by atoms with Crippen molar-refractivity contribution in [3.63, 3.8) is 0 Å². The lowest BCUT2D eigenvalue weighted by Crippen LogP contribution is -2.28. The Kier molecular flexibility index (Phi) is 4.07. The fourth-order valence-electron chi connectivity index (χ4n) is 2.49. The van der Waals surface area contributed by atoms with Crippen molar-refractivity contribution in [1.82, 2.24) is 9.88 Å². The van der Waals surface area contributed by atoms with Crippen LogP contribution in [0.3, 0.4) is 0 Å². The second-order valence-electron chi connectivity index (χ2n) is 5.78. The summed E-state index contributed by atoms with van der Waals surface area (Å²) in [5, 5.41) is 2.77. The Morgan fingerprint density at radius 1 is 1.14 bits per heavy atom. The predicted octanol–water partition coefficient (Wildman–Crippen LogP) is 3.58. The maximum atomic E-state index is 11.6. The van der Waals surface area contributed by atoms with Crippen molar-refractivity contribution in [2.75, 3.05) is 0 Å². The van der Waals surface area contributed by atoms with Crippen LogP contribution in [0.5, 0.6) is 0 Å². The molecule has 114 valence electrons. The summed E-state index contributed by atoms with van der Waals surface area (Å²) >= 11 is 1.49. The van der Waals surface area contributed by atoms with Gasteiger partial charge in [-0.25, -0.2) is 4.98 Å². The Morgan fingerprint density at radius 2 is 1.77 bits per heavy atom. The Balaban J connectivity index is 1.76. The van der Waals surface area contributed by atoms with Gasteiger partial charge in [0, 0.05) is 23.8 Å². The molecule has 0 spiro atoms. The van der Waals surface area contributed by atoms with Crippen LogP contribution in [0.1, 0.15) is 43.2 Å². The quantitative estimate of drug-likeness (QED) is 0.810. The summed E-state index contributed by atoms with van der Waals surface area (Å²) < 4.78 is 0. The number of likely N-dealkylation sites (tertiary alicyclic amines) is 1. The van der Waals surface area contributed by atoms with Gasteiger partial charge < -0.3 is 0 Å². The van der Waals surface area contributed by atoms with Crippen molar-refractivity contribution in [3.8, 4) is 11.3 Å². The van der Waals surface area contributed by atoms with Crippen LogP contribution >= 0.6 is 11.3 Å². The van der Waals surface area contributed by atoms with Crippen LogP contribution in [0.4, 0.5) is 0 Å². The van der Waals surface area contributed by atoms with Crippen LogP contribution in [0.15, 0.2) is 29.6 Å². The molecule has 1 fully saturated rings. The van der Waals surface area contributed by atoms with Gasteiger partial charge in [-0.1, -0.05) is 38.1 Å². The lowest BCUT2D eigenvalue weighted by molar-refractivity contribution is -0.139. The zero-order chi connectivity index (χ0) is 15.7. The molecular weight excluding hydrogens is 296 g/mol. The third kappa shape index (κ3) is 2.95. The number of hydrogen-bond donors (Lipinski definition) is 0. The smallest absolute Gasteiger partial charge is 0.230 e. The molecule has 22 heavy (non-hydrogen) atoms. The normalized spacial score (nSPS) is 15.1. The number of aromatic nitrogens is 1. The predicted molar refractivity (Wildman–Crippen MR) is 86.4 cm³/mol. The number of thiazole rings is 1. The first-order valence-electron chi connectivity index (χ1n) is 7.42. The molecule has 5 heteroatoms. The van der Waals surface area contributed by atoms with Crippen LogP contribution in [0.25, 0.3) is 11.3 Å². The molecule has 2 amide bonds. The topological polar surface area (TPSA) is 50.3 Å². The minimum Gasteiger partial charge on any atom is -0.276 e. The lowest BCUT2D eigenvalue weighted by Gasteiger charge is -2.10. The Morgan fingerprint density at radius 3 is 2.36 bits per heavy atom. The maximum Gasteiger partial charge on any atom is 0.230 e. The van der Waals surface area contributed by atoms with E-state index in [9.17, 15) is 9.59 Å². The number of nitrogens with zero attached hydrogens (tertiary/aromatic N) is 2. The first-order chi connectivity index (χ1) is 10.5. The van der Waals surface area contributed by atoms with Gasteiger partial charge in [0.15, 0.2) is 0 Å². The summed E-state index contributed by atoms with van der Waals surface area (Å²) in [4.78, 5) is 29.2. The molecule has 0 saturated carbocycles. The average Bonchev–Trinajstić information content (AvgIpc) is 3.10. The molecule has 4 nitrogen and oxygen atoms in total. The Bertz CT molecular complexity index is 688. The zero-order valence-electron chi connectivity index (χ0n) is 12.7. The van der Waals surface area contributed by atoms with Crippen molar-refractivity contribution in [3.05, 3.63) is 40.2 Å². The minimum atomic E-state index is -0.0944. The highest BCUT2D eigenvalue weighted by molar-refractivity contribution is 7.09. The van der Waals surface area contributed by atoms with Crippen molar-refractivity contribution < 1.29 is 9.59 Å². The van der Waals surface area contributed by atoms with Gasteiger partial charge in [0.1, 0.15) is 5.01 Å². The summed E-state index contributed by atoms with van der Waals surface area (Å²) in [6.45, 7) is 4.63. The Labute approximate surface area is 133 Å². The number of carbonyl (C=O) groups excluding carboxylic acids is 2. The summed E-state index contributed by atoms with van der Waals surface area (Å²) in [6, 6.07) is 8.37. The molecule has 2 aromatic rings. The van der Waals surface area contributed by atoms with Crippen LogP contribution in [0.2, 0.25) is 0 Å². The van der Waals surface area contributed by atoms with E-state index in [0.29, 0.717) is 25.3 Å². The van der Waals surface area contributed by atoms with E-state index in [2.05, 4.69) is 43.1 Å². The summed E-state index contributed by atoms with van der Waals surface area (Å²) in [5.74, 6) is 0.318. The second-order valence-corrected chi connectivity index (χ2v) is 6.72. The number of benzene rings is 1. The molecule has 0 atom stereocenters. The van der Waals surface area contributed by atoms with Gasteiger partial charge in [-0.15, -0.1) is 11.3 Å². The van der Waals surface area contributed by atoms with E-state index in [0.717, 1.165) is 16.3 Å². The fourth-order valence-corrected chi connectivity index (χ4v) is 3.28. The largest absolute Gasteiger partial charge is 0.276 e. The molecule has 2 heterocycles. The van der Waals surface area contributed by atoms with Crippen LogP contribution in [-0.2, 0) is 16.1 Å². The highest BCUT2D eigenvalue weighted by atomic mass is 32.1. The van der Waals surface area contributed by atoms with E-state index < -0.39 is 0 Å². The van der Waals surface area contributed by atoms with Crippen LogP contribution in [0, 0.1) is 0 Å².